The summed E-state index contributed by atoms with van der Waals surface area (Å²) in [5.41, 5.74) is 5.50. The van der Waals surface area contributed by atoms with E-state index in [1.54, 1.807) is 6.07 Å². The number of aliphatic carboxylic acids is 1. The molecule has 0 fully saturated rings. The molecular formula is C16H28N2O3. The Hall–Kier alpha value is -1.49. The highest BCUT2D eigenvalue weighted by atomic mass is 16.4. The fourth-order valence-corrected chi connectivity index (χ4v) is 2.29. The van der Waals surface area contributed by atoms with Crippen LogP contribution in [0.25, 0.3) is 0 Å². The van der Waals surface area contributed by atoms with Gasteiger partial charge in [0.2, 0.25) is 0 Å². The van der Waals surface area contributed by atoms with Crippen molar-refractivity contribution >= 4 is 11.9 Å². The molecule has 0 aliphatic rings. The van der Waals surface area contributed by atoms with Crippen LogP contribution < -0.4 is 11.1 Å². The van der Waals surface area contributed by atoms with Gasteiger partial charge >= 0.3 is 5.97 Å². The molecule has 1 aromatic rings. The fraction of sp³-hybridized carbons (Fsp3) is 0.688. The summed E-state index contributed by atoms with van der Waals surface area (Å²) in [5.74, 6) is 0.670. The second-order valence-electron chi connectivity index (χ2n) is 5.45. The lowest BCUT2D eigenvalue weighted by atomic mass is 10.1. The lowest BCUT2D eigenvalue weighted by Gasteiger charge is -2.03. The van der Waals surface area contributed by atoms with Gasteiger partial charge in [0.25, 0.3) is 0 Å². The standard InChI is InChI=1S/C16H28N2O3/c17-15-11-10-14(21-15)13-18-12-8-6-4-2-1-3-5-7-9-16(19)20/h10-11,18H,1-9,12-13,17H2,(H,19,20). The predicted octanol–water partition coefficient (Wildman–Crippen LogP) is 3.55. The number of rotatable bonds is 13. The first kappa shape index (κ1) is 17.6. The van der Waals surface area contributed by atoms with Crippen LogP contribution in [0.4, 0.5) is 5.88 Å². The number of nitrogens with two attached hydrogens (primary N) is 1. The minimum Gasteiger partial charge on any atom is -0.481 e. The quantitative estimate of drug-likeness (QED) is 0.484. The number of carbonyl (C=O) groups is 1. The van der Waals surface area contributed by atoms with Crippen LogP contribution in [-0.2, 0) is 11.3 Å². The van der Waals surface area contributed by atoms with Crippen LogP contribution in [0.1, 0.15) is 63.5 Å². The molecule has 21 heavy (non-hydrogen) atoms. The molecule has 4 N–H and O–H groups in total. The molecule has 0 radical (unpaired) electrons. The number of nitrogens with one attached hydrogen (secondary N) is 1. The molecule has 0 atom stereocenters. The van der Waals surface area contributed by atoms with E-state index in [9.17, 15) is 4.79 Å². The number of hydrogen-bond donors (Lipinski definition) is 3. The van der Waals surface area contributed by atoms with E-state index in [0.717, 1.165) is 38.1 Å². The van der Waals surface area contributed by atoms with Gasteiger partial charge in [-0.05, 0) is 25.5 Å². The zero-order valence-corrected chi connectivity index (χ0v) is 12.8. The smallest absolute Gasteiger partial charge is 0.303 e. The normalized spacial score (nSPS) is 10.9. The maximum atomic E-state index is 10.3. The first-order valence-electron chi connectivity index (χ1n) is 7.95. The maximum absolute atomic E-state index is 10.3. The number of anilines is 1. The summed E-state index contributed by atoms with van der Waals surface area (Å²) in [7, 11) is 0. The highest BCUT2D eigenvalue weighted by Crippen LogP contribution is 2.10. The molecule has 120 valence electrons. The number of hydrogen-bond acceptors (Lipinski definition) is 4. The number of carboxylic acids is 1. The summed E-state index contributed by atoms with van der Waals surface area (Å²) in [6, 6.07) is 3.67. The fourth-order valence-electron chi connectivity index (χ4n) is 2.29. The lowest BCUT2D eigenvalue weighted by molar-refractivity contribution is -0.137. The highest BCUT2D eigenvalue weighted by Gasteiger charge is 1.98. The van der Waals surface area contributed by atoms with E-state index in [2.05, 4.69) is 5.32 Å². The Labute approximate surface area is 126 Å². The van der Waals surface area contributed by atoms with Crippen LogP contribution >= 0.6 is 0 Å². The molecule has 0 unspecified atom stereocenters. The van der Waals surface area contributed by atoms with Crippen molar-refractivity contribution in [3.05, 3.63) is 17.9 Å². The SMILES string of the molecule is Nc1ccc(CNCCCCCCCCCCC(=O)O)o1. The molecule has 0 saturated heterocycles. The van der Waals surface area contributed by atoms with Crippen molar-refractivity contribution in [3.8, 4) is 0 Å². The lowest BCUT2D eigenvalue weighted by Crippen LogP contribution is -2.14. The third kappa shape index (κ3) is 9.96. The molecule has 5 heteroatoms. The Kier molecular flexibility index (Phi) is 9.37. The third-order valence-corrected chi connectivity index (χ3v) is 3.48. The Balaban J connectivity index is 1.77. The van der Waals surface area contributed by atoms with Crippen molar-refractivity contribution in [3.63, 3.8) is 0 Å². The molecule has 0 aromatic carbocycles. The minimum absolute atomic E-state index is 0.312. The van der Waals surface area contributed by atoms with Gasteiger partial charge in [0.1, 0.15) is 5.76 Å². The largest absolute Gasteiger partial charge is 0.481 e. The number of carboxylic acid groups (broad SMARTS) is 1. The van der Waals surface area contributed by atoms with E-state index >= 15 is 0 Å². The van der Waals surface area contributed by atoms with Crippen LogP contribution in [0, 0.1) is 0 Å². The van der Waals surface area contributed by atoms with Gasteiger partial charge < -0.3 is 20.6 Å². The molecule has 0 saturated carbocycles. The summed E-state index contributed by atoms with van der Waals surface area (Å²) in [5, 5.41) is 11.9. The molecule has 0 amide bonds. The van der Waals surface area contributed by atoms with Gasteiger partial charge in [0.05, 0.1) is 6.54 Å². The monoisotopic (exact) mass is 296 g/mol. The van der Waals surface area contributed by atoms with Crippen molar-refractivity contribution < 1.29 is 14.3 Å². The van der Waals surface area contributed by atoms with Crippen molar-refractivity contribution in [2.75, 3.05) is 12.3 Å². The number of nitrogen functional groups attached to an aromatic ring is 1. The molecule has 1 rings (SSSR count). The number of furan rings is 1. The minimum atomic E-state index is -0.681. The van der Waals surface area contributed by atoms with E-state index in [4.69, 9.17) is 15.3 Å². The van der Waals surface area contributed by atoms with Gasteiger partial charge in [0.15, 0.2) is 5.88 Å². The van der Waals surface area contributed by atoms with E-state index in [0.29, 0.717) is 12.3 Å². The number of unbranched alkanes of at least 4 members (excludes halogenated alkanes) is 7. The van der Waals surface area contributed by atoms with Gasteiger partial charge in [-0.25, -0.2) is 0 Å². The second kappa shape index (κ2) is 11.2. The molecule has 0 bridgehead atoms. The third-order valence-electron chi connectivity index (χ3n) is 3.48. The summed E-state index contributed by atoms with van der Waals surface area (Å²) in [6.07, 6.45) is 9.47. The van der Waals surface area contributed by atoms with E-state index < -0.39 is 5.97 Å². The second-order valence-corrected chi connectivity index (χ2v) is 5.45. The van der Waals surface area contributed by atoms with Crippen LogP contribution in [-0.4, -0.2) is 17.6 Å². The Morgan fingerprint density at radius 3 is 2.24 bits per heavy atom. The highest BCUT2D eigenvalue weighted by molar-refractivity contribution is 5.66. The van der Waals surface area contributed by atoms with E-state index in [1.165, 1.54) is 32.1 Å². The van der Waals surface area contributed by atoms with Crippen molar-refractivity contribution in [2.45, 2.75) is 64.3 Å². The van der Waals surface area contributed by atoms with Gasteiger partial charge in [-0.15, -0.1) is 0 Å². The molecule has 0 aliphatic heterocycles. The van der Waals surface area contributed by atoms with Crippen LogP contribution in [0.15, 0.2) is 16.5 Å². The molecule has 1 aromatic heterocycles. The van der Waals surface area contributed by atoms with Crippen LogP contribution in [0.5, 0.6) is 0 Å². The van der Waals surface area contributed by atoms with Gasteiger partial charge in [-0.1, -0.05) is 38.5 Å². The van der Waals surface area contributed by atoms with Crippen molar-refractivity contribution in [1.82, 2.24) is 5.32 Å². The van der Waals surface area contributed by atoms with Crippen LogP contribution in [0.3, 0.4) is 0 Å². The summed E-state index contributed by atoms with van der Waals surface area (Å²) in [6.45, 7) is 1.74. The maximum Gasteiger partial charge on any atom is 0.303 e. The van der Waals surface area contributed by atoms with E-state index in [-0.39, 0.29) is 0 Å². The Bertz CT molecular complexity index is 391. The van der Waals surface area contributed by atoms with Crippen molar-refractivity contribution in [2.24, 2.45) is 0 Å². The van der Waals surface area contributed by atoms with Gasteiger partial charge in [-0.3, -0.25) is 4.79 Å². The first-order valence-corrected chi connectivity index (χ1v) is 7.95. The van der Waals surface area contributed by atoms with Crippen molar-refractivity contribution in [1.29, 1.82) is 0 Å². The Morgan fingerprint density at radius 2 is 1.67 bits per heavy atom. The predicted molar refractivity (Wildman–Crippen MR) is 84.0 cm³/mol. The zero-order chi connectivity index (χ0) is 15.3. The summed E-state index contributed by atoms with van der Waals surface area (Å²) < 4.78 is 5.27. The molecular weight excluding hydrogens is 268 g/mol. The summed E-state index contributed by atoms with van der Waals surface area (Å²) in [4.78, 5) is 10.3. The molecule has 1 heterocycles. The molecule has 0 spiro atoms. The summed E-state index contributed by atoms with van der Waals surface area (Å²) >= 11 is 0. The van der Waals surface area contributed by atoms with E-state index in [1.807, 2.05) is 6.07 Å². The van der Waals surface area contributed by atoms with Gasteiger partial charge in [0, 0.05) is 12.5 Å². The average Bonchev–Trinajstić information content (AvgIpc) is 2.85. The Morgan fingerprint density at radius 1 is 1.05 bits per heavy atom. The molecule has 0 aliphatic carbocycles. The molecule has 5 nitrogen and oxygen atoms in total. The first-order chi connectivity index (χ1) is 10.2. The topological polar surface area (TPSA) is 88.5 Å². The zero-order valence-electron chi connectivity index (χ0n) is 12.8. The average molecular weight is 296 g/mol. The van der Waals surface area contributed by atoms with Crippen LogP contribution in [0.2, 0.25) is 0 Å². The van der Waals surface area contributed by atoms with Gasteiger partial charge in [-0.2, -0.15) is 0 Å².